The molecular weight excluding hydrogens is 576 g/mol. The Kier molecular flexibility index (Phi) is 11.3. The van der Waals surface area contributed by atoms with Gasteiger partial charge < -0.3 is 25.8 Å². The standard InChI is InChI=1S/C25H29FN6O2.C7H12FN.C2H6/c1-14-9-12-28-10-6-11-29-22-18-21(31-24(32-22)33-5)19(26)20(30-23(18)34-14)16-13-15(27)7-8-17(16)25(2,3)4;8-6-4-7-2-1-3-9(7)5-6;1-2/h7-8,13-14,28H,9,11-12,27H2,1-5H3,(H,29,31,32);6-7H,1-5H2;1-2H3. The van der Waals surface area contributed by atoms with Crippen molar-refractivity contribution < 1.29 is 18.3 Å². The largest absolute Gasteiger partial charge is 0.474 e. The summed E-state index contributed by atoms with van der Waals surface area (Å²) in [6.07, 6.45) is 3.27. The van der Waals surface area contributed by atoms with Gasteiger partial charge in [0.15, 0.2) is 5.82 Å². The Hall–Kier alpha value is -3.91. The van der Waals surface area contributed by atoms with E-state index in [0.29, 0.717) is 48.0 Å². The van der Waals surface area contributed by atoms with Gasteiger partial charge in [0.05, 0.1) is 19.8 Å². The first-order valence-corrected chi connectivity index (χ1v) is 15.9. The van der Waals surface area contributed by atoms with Gasteiger partial charge in [-0.1, -0.05) is 46.6 Å². The molecule has 9 nitrogen and oxygen atoms in total. The van der Waals surface area contributed by atoms with E-state index in [1.807, 2.05) is 32.9 Å². The number of nitrogens with zero attached hydrogens (tertiary/aromatic N) is 4. The zero-order valence-electron chi connectivity index (χ0n) is 27.6. The number of methoxy groups -OCH3 is 1. The molecule has 2 fully saturated rings. The van der Waals surface area contributed by atoms with Crippen LogP contribution in [0, 0.1) is 17.8 Å². The summed E-state index contributed by atoms with van der Waals surface area (Å²) in [5, 5.41) is 6.50. The van der Waals surface area contributed by atoms with Crippen LogP contribution in [0.1, 0.15) is 72.8 Å². The second-order valence-corrected chi connectivity index (χ2v) is 12.3. The van der Waals surface area contributed by atoms with Crippen molar-refractivity contribution in [2.75, 3.05) is 44.3 Å². The molecule has 11 heteroatoms. The van der Waals surface area contributed by atoms with E-state index < -0.39 is 12.0 Å². The summed E-state index contributed by atoms with van der Waals surface area (Å²) in [6, 6.07) is 8.96. The summed E-state index contributed by atoms with van der Waals surface area (Å²) in [7, 11) is 1.43. The van der Waals surface area contributed by atoms with Gasteiger partial charge in [-0.15, -0.1) is 0 Å². The fourth-order valence-electron chi connectivity index (χ4n) is 5.86. The normalized spacial score (nSPS) is 21.0. The molecule has 3 aromatic rings. The van der Waals surface area contributed by atoms with Gasteiger partial charge in [0.2, 0.25) is 5.88 Å². The number of alkyl halides is 1. The molecule has 1 aromatic carbocycles. The third-order valence-corrected chi connectivity index (χ3v) is 7.99. The molecule has 45 heavy (non-hydrogen) atoms. The van der Waals surface area contributed by atoms with Crippen LogP contribution >= 0.6 is 0 Å². The lowest BCUT2D eigenvalue weighted by Crippen LogP contribution is -2.22. The van der Waals surface area contributed by atoms with E-state index in [1.165, 1.54) is 20.0 Å². The summed E-state index contributed by atoms with van der Waals surface area (Å²) in [5.74, 6) is 2.94. The van der Waals surface area contributed by atoms with E-state index in [2.05, 4.69) is 63.2 Å². The molecule has 4 N–H and O–H groups in total. The maximum atomic E-state index is 16.2. The highest BCUT2D eigenvalue weighted by atomic mass is 19.1. The second kappa shape index (κ2) is 14.9. The van der Waals surface area contributed by atoms with Gasteiger partial charge in [-0.25, -0.2) is 13.8 Å². The third-order valence-electron chi connectivity index (χ3n) is 7.99. The molecule has 0 amide bonds. The number of nitrogens with one attached hydrogen (secondary N) is 2. The first-order valence-electron chi connectivity index (χ1n) is 15.9. The van der Waals surface area contributed by atoms with Gasteiger partial charge in [0.1, 0.15) is 28.6 Å². The van der Waals surface area contributed by atoms with Gasteiger partial charge in [0, 0.05) is 42.8 Å². The number of hydrogen-bond acceptors (Lipinski definition) is 9. The maximum Gasteiger partial charge on any atom is 0.318 e. The Balaban J connectivity index is 0.000000352. The first-order chi connectivity index (χ1) is 21.5. The Labute approximate surface area is 265 Å². The number of halogens is 2. The van der Waals surface area contributed by atoms with Crippen molar-refractivity contribution in [1.29, 1.82) is 0 Å². The Morgan fingerprint density at radius 2 is 1.93 bits per heavy atom. The summed E-state index contributed by atoms with van der Waals surface area (Å²) in [6.45, 7) is 14.9. The van der Waals surface area contributed by atoms with Crippen LogP contribution in [0.2, 0.25) is 0 Å². The summed E-state index contributed by atoms with van der Waals surface area (Å²) < 4.78 is 40.3. The molecule has 3 atom stereocenters. The number of benzene rings is 1. The number of rotatable bonds is 2. The van der Waals surface area contributed by atoms with E-state index in [4.69, 9.17) is 15.2 Å². The molecule has 0 radical (unpaired) electrons. The summed E-state index contributed by atoms with van der Waals surface area (Å²) in [5.41, 5.74) is 7.99. The summed E-state index contributed by atoms with van der Waals surface area (Å²) >= 11 is 0. The van der Waals surface area contributed by atoms with Crippen molar-refractivity contribution in [2.24, 2.45) is 0 Å². The molecule has 0 bridgehead atoms. The Morgan fingerprint density at radius 3 is 2.64 bits per heavy atom. The van der Waals surface area contributed by atoms with E-state index in [0.717, 1.165) is 18.5 Å². The van der Waals surface area contributed by atoms with Crippen LogP contribution in [0.5, 0.6) is 11.9 Å². The summed E-state index contributed by atoms with van der Waals surface area (Å²) in [4.78, 5) is 15.7. The van der Waals surface area contributed by atoms with Crippen LogP contribution in [-0.4, -0.2) is 71.5 Å². The number of pyridine rings is 1. The van der Waals surface area contributed by atoms with Crippen LogP contribution < -0.4 is 25.8 Å². The fourth-order valence-corrected chi connectivity index (χ4v) is 5.86. The number of anilines is 2. The van der Waals surface area contributed by atoms with Gasteiger partial charge >= 0.3 is 6.01 Å². The highest BCUT2D eigenvalue weighted by Crippen LogP contribution is 2.41. The van der Waals surface area contributed by atoms with Crippen molar-refractivity contribution in [1.82, 2.24) is 25.2 Å². The lowest BCUT2D eigenvalue weighted by Gasteiger charge is -2.24. The molecule has 0 saturated carbocycles. The Morgan fingerprint density at radius 1 is 1.16 bits per heavy atom. The van der Waals surface area contributed by atoms with Gasteiger partial charge in [0.25, 0.3) is 0 Å². The van der Waals surface area contributed by atoms with Crippen molar-refractivity contribution in [2.45, 2.75) is 91.0 Å². The quantitative estimate of drug-likeness (QED) is 0.231. The third kappa shape index (κ3) is 8.03. The topological polar surface area (TPSA) is 110 Å². The molecule has 244 valence electrons. The molecule has 2 saturated heterocycles. The molecule has 3 aliphatic heterocycles. The minimum Gasteiger partial charge on any atom is -0.474 e. The van der Waals surface area contributed by atoms with Crippen LogP contribution in [0.15, 0.2) is 18.2 Å². The van der Waals surface area contributed by atoms with E-state index in [9.17, 15) is 4.39 Å². The van der Waals surface area contributed by atoms with Crippen LogP contribution in [0.4, 0.5) is 20.3 Å². The molecule has 3 unspecified atom stereocenters. The minimum absolute atomic E-state index is 0.0202. The number of aromatic nitrogens is 3. The van der Waals surface area contributed by atoms with Crippen molar-refractivity contribution in [3.63, 3.8) is 0 Å². The lowest BCUT2D eigenvalue weighted by atomic mass is 9.82. The van der Waals surface area contributed by atoms with Gasteiger partial charge in [-0.05, 0) is 55.8 Å². The monoisotopic (exact) mass is 623 g/mol. The zero-order valence-corrected chi connectivity index (χ0v) is 27.6. The molecule has 6 rings (SSSR count). The second-order valence-electron chi connectivity index (χ2n) is 12.3. The smallest absolute Gasteiger partial charge is 0.318 e. The van der Waals surface area contributed by atoms with E-state index >= 15 is 4.39 Å². The van der Waals surface area contributed by atoms with Gasteiger partial charge in [-0.3, -0.25) is 4.90 Å². The predicted octanol–water partition coefficient (Wildman–Crippen LogP) is 6.07. The van der Waals surface area contributed by atoms with Crippen molar-refractivity contribution in [3.8, 4) is 35.1 Å². The molecule has 5 heterocycles. The van der Waals surface area contributed by atoms with Crippen molar-refractivity contribution in [3.05, 3.63) is 29.6 Å². The van der Waals surface area contributed by atoms with Gasteiger partial charge in [-0.2, -0.15) is 9.97 Å². The molecular formula is C34H47F2N7O2. The first kappa shape index (κ1) is 34.0. The van der Waals surface area contributed by atoms with Crippen LogP contribution in [0.25, 0.3) is 22.2 Å². The molecule has 0 aliphatic carbocycles. The molecule has 2 aromatic heterocycles. The number of nitrogen functional groups attached to an aromatic ring is 1. The highest BCUT2D eigenvalue weighted by molar-refractivity contribution is 5.96. The van der Waals surface area contributed by atoms with E-state index in [-0.39, 0.29) is 41.2 Å². The SMILES string of the molecule is CC.COc1nc2c3c(nc(-c4cc(N)ccc4C(C)(C)C)c(F)c3n1)OC(C)CCNC#CCN2.FC1CC2CCCN2C1. The highest BCUT2D eigenvalue weighted by Gasteiger charge is 2.34. The number of fused-ring (bicyclic) bond motifs is 1. The lowest BCUT2D eigenvalue weighted by molar-refractivity contribution is 0.206. The minimum atomic E-state index is -0.602. The zero-order chi connectivity index (χ0) is 32.7. The van der Waals surface area contributed by atoms with E-state index in [1.54, 1.807) is 6.07 Å². The average Bonchev–Trinajstić information content (AvgIpc) is 3.58. The van der Waals surface area contributed by atoms with Crippen LogP contribution in [-0.2, 0) is 5.41 Å². The number of nitrogens with two attached hydrogens (primary N) is 1. The Bertz CT molecular complexity index is 1520. The average molecular weight is 624 g/mol. The predicted molar refractivity (Wildman–Crippen MR) is 177 cm³/mol. The van der Waals surface area contributed by atoms with Crippen molar-refractivity contribution >= 4 is 22.4 Å². The number of hydrogen-bond donors (Lipinski definition) is 3. The molecule has 0 spiro atoms. The number of ether oxygens (including phenoxy) is 2. The van der Waals surface area contributed by atoms with Crippen LogP contribution in [0.3, 0.4) is 0 Å². The maximum absolute atomic E-state index is 16.2. The molecule has 3 aliphatic rings. The fraction of sp³-hybridized carbons (Fsp3) is 0.559.